The van der Waals surface area contributed by atoms with Crippen LogP contribution in [0.15, 0.2) is 60.7 Å². The van der Waals surface area contributed by atoms with Crippen molar-refractivity contribution in [3.63, 3.8) is 0 Å². The largest absolute Gasteiger partial charge is 0.389 e. The van der Waals surface area contributed by atoms with Gasteiger partial charge in [-0.3, -0.25) is 4.79 Å². The van der Waals surface area contributed by atoms with Gasteiger partial charge in [0.05, 0.1) is 11.6 Å². The summed E-state index contributed by atoms with van der Waals surface area (Å²) in [7, 11) is 0. The zero-order valence-corrected chi connectivity index (χ0v) is 19.4. The first-order chi connectivity index (χ1) is 15.6. The lowest BCUT2D eigenvalue weighted by Crippen LogP contribution is -2.56. The number of carbonyl (C=O) groups is 1. The predicted molar refractivity (Wildman–Crippen MR) is 131 cm³/mol. The van der Waals surface area contributed by atoms with Gasteiger partial charge in [0.25, 0.3) is 0 Å². The van der Waals surface area contributed by atoms with E-state index in [0.29, 0.717) is 13.0 Å². The van der Waals surface area contributed by atoms with Crippen molar-refractivity contribution in [2.45, 2.75) is 57.6 Å². The number of benzene rings is 2. The van der Waals surface area contributed by atoms with E-state index in [1.54, 1.807) is 6.08 Å². The molecule has 1 saturated carbocycles. The molecule has 1 aliphatic carbocycles. The Morgan fingerprint density at radius 3 is 2.47 bits per heavy atom. The van der Waals surface area contributed by atoms with Crippen LogP contribution < -0.4 is 4.90 Å². The lowest BCUT2D eigenvalue weighted by molar-refractivity contribution is -0.150. The van der Waals surface area contributed by atoms with Crippen LogP contribution in [-0.4, -0.2) is 41.1 Å². The summed E-state index contributed by atoms with van der Waals surface area (Å²) in [5, 5.41) is 11.5. The molecule has 0 aromatic heterocycles. The summed E-state index contributed by atoms with van der Waals surface area (Å²) >= 11 is 0. The van der Waals surface area contributed by atoms with Crippen molar-refractivity contribution >= 4 is 17.7 Å². The van der Waals surface area contributed by atoms with Gasteiger partial charge >= 0.3 is 0 Å². The van der Waals surface area contributed by atoms with Gasteiger partial charge in [-0.05, 0) is 62.4 Å². The first-order valence-electron chi connectivity index (χ1n) is 12.2. The fourth-order valence-corrected chi connectivity index (χ4v) is 5.64. The van der Waals surface area contributed by atoms with Crippen LogP contribution in [0.1, 0.15) is 63.1 Å². The molecule has 1 saturated heterocycles. The van der Waals surface area contributed by atoms with Crippen LogP contribution in [0.25, 0.3) is 6.08 Å². The standard InChI is InChI=1S/C28H36N2O2/c1-3-29(4-2)24-16-14-23(15-17-24)27-25-12-8-9-19-28(25,32)20-21-30(27)26(31)18-13-22-10-6-5-7-11-22/h5-7,10-11,13-18,25,27,32H,3-4,8-9,12,19-21H2,1-2H3/b18-13+. The molecule has 3 unspecified atom stereocenters. The van der Waals surface area contributed by atoms with Gasteiger partial charge in [-0.25, -0.2) is 0 Å². The van der Waals surface area contributed by atoms with E-state index in [-0.39, 0.29) is 17.9 Å². The Bertz CT molecular complexity index is 920. The van der Waals surface area contributed by atoms with Crippen molar-refractivity contribution in [1.82, 2.24) is 4.90 Å². The second-order valence-electron chi connectivity index (χ2n) is 9.19. The van der Waals surface area contributed by atoms with Gasteiger partial charge in [-0.15, -0.1) is 0 Å². The highest BCUT2D eigenvalue weighted by atomic mass is 16.3. The summed E-state index contributed by atoms with van der Waals surface area (Å²) < 4.78 is 0. The number of fused-ring (bicyclic) bond motifs is 1. The molecule has 2 aromatic rings. The van der Waals surface area contributed by atoms with Crippen molar-refractivity contribution in [3.8, 4) is 0 Å². The number of hydrogen-bond acceptors (Lipinski definition) is 3. The third-order valence-electron chi connectivity index (χ3n) is 7.43. The molecule has 2 fully saturated rings. The third kappa shape index (κ3) is 4.61. The fraction of sp³-hybridized carbons (Fsp3) is 0.464. The number of hydrogen-bond donors (Lipinski definition) is 1. The SMILES string of the molecule is CCN(CC)c1ccc(C2C3CCCCC3(O)CCN2C(=O)/C=C/c2ccccc2)cc1. The molecule has 4 nitrogen and oxygen atoms in total. The Labute approximate surface area is 192 Å². The fourth-order valence-electron chi connectivity index (χ4n) is 5.64. The van der Waals surface area contributed by atoms with E-state index in [4.69, 9.17) is 0 Å². The van der Waals surface area contributed by atoms with Crippen LogP contribution in [-0.2, 0) is 4.79 Å². The lowest BCUT2D eigenvalue weighted by atomic mass is 9.66. The molecule has 170 valence electrons. The van der Waals surface area contributed by atoms with Gasteiger partial charge in [0.15, 0.2) is 0 Å². The molecular formula is C28H36N2O2. The van der Waals surface area contributed by atoms with Gasteiger partial charge in [-0.2, -0.15) is 0 Å². The number of anilines is 1. The Morgan fingerprint density at radius 2 is 1.78 bits per heavy atom. The monoisotopic (exact) mass is 432 g/mol. The summed E-state index contributed by atoms with van der Waals surface area (Å²) in [6.07, 6.45) is 8.24. The number of carbonyl (C=O) groups excluding carboxylic acids is 1. The van der Waals surface area contributed by atoms with Crippen molar-refractivity contribution in [3.05, 3.63) is 71.8 Å². The van der Waals surface area contributed by atoms with Crippen molar-refractivity contribution < 1.29 is 9.90 Å². The lowest BCUT2D eigenvalue weighted by Gasteiger charge is -2.52. The van der Waals surface area contributed by atoms with Crippen molar-refractivity contribution in [1.29, 1.82) is 0 Å². The van der Waals surface area contributed by atoms with E-state index in [9.17, 15) is 9.90 Å². The molecule has 1 heterocycles. The van der Waals surface area contributed by atoms with Crippen molar-refractivity contribution in [2.75, 3.05) is 24.5 Å². The van der Waals surface area contributed by atoms with Gasteiger partial charge in [0.2, 0.25) is 5.91 Å². The highest BCUT2D eigenvalue weighted by Crippen LogP contribution is 2.49. The molecular weight excluding hydrogens is 396 g/mol. The summed E-state index contributed by atoms with van der Waals surface area (Å²) in [6.45, 7) is 6.86. The minimum Gasteiger partial charge on any atom is -0.389 e. The number of piperidine rings is 1. The number of likely N-dealkylation sites (tertiary alicyclic amines) is 1. The topological polar surface area (TPSA) is 43.8 Å². The predicted octanol–water partition coefficient (Wildman–Crippen LogP) is 5.44. The molecule has 0 bridgehead atoms. The Morgan fingerprint density at radius 1 is 1.06 bits per heavy atom. The average molecular weight is 433 g/mol. The summed E-state index contributed by atoms with van der Waals surface area (Å²) in [5.74, 6) is 0.109. The normalized spacial score (nSPS) is 25.5. The minimum absolute atomic E-state index is 0.0271. The minimum atomic E-state index is -0.666. The van der Waals surface area contributed by atoms with Crippen LogP contribution in [0, 0.1) is 5.92 Å². The number of aliphatic hydroxyl groups is 1. The van der Waals surface area contributed by atoms with Crippen LogP contribution in [0.4, 0.5) is 5.69 Å². The van der Waals surface area contributed by atoms with Gasteiger partial charge in [0.1, 0.15) is 0 Å². The highest BCUT2D eigenvalue weighted by molar-refractivity contribution is 5.92. The van der Waals surface area contributed by atoms with Gasteiger partial charge < -0.3 is 14.9 Å². The first kappa shape index (κ1) is 22.6. The number of nitrogens with zero attached hydrogens (tertiary/aromatic N) is 2. The molecule has 1 N–H and O–H groups in total. The second kappa shape index (κ2) is 9.91. The maximum absolute atomic E-state index is 13.4. The molecule has 1 aliphatic heterocycles. The smallest absolute Gasteiger partial charge is 0.247 e. The zero-order chi connectivity index (χ0) is 22.6. The molecule has 0 spiro atoms. The molecule has 4 rings (SSSR count). The van der Waals surface area contributed by atoms with Gasteiger partial charge in [-0.1, -0.05) is 55.3 Å². The maximum Gasteiger partial charge on any atom is 0.247 e. The molecule has 1 amide bonds. The van der Waals surface area contributed by atoms with E-state index < -0.39 is 5.60 Å². The van der Waals surface area contributed by atoms with E-state index in [1.165, 1.54) is 5.69 Å². The Hall–Kier alpha value is -2.59. The molecule has 3 atom stereocenters. The van der Waals surface area contributed by atoms with E-state index in [2.05, 4.69) is 43.0 Å². The Kier molecular flexibility index (Phi) is 7.00. The zero-order valence-electron chi connectivity index (χ0n) is 19.4. The van der Waals surface area contributed by atoms with Crippen LogP contribution >= 0.6 is 0 Å². The molecule has 32 heavy (non-hydrogen) atoms. The quantitative estimate of drug-likeness (QED) is 0.618. The van der Waals surface area contributed by atoms with Gasteiger partial charge in [0, 0.05) is 37.3 Å². The van der Waals surface area contributed by atoms with Crippen molar-refractivity contribution in [2.24, 2.45) is 5.92 Å². The molecule has 0 radical (unpaired) electrons. The number of amides is 1. The highest BCUT2D eigenvalue weighted by Gasteiger charge is 2.49. The summed E-state index contributed by atoms with van der Waals surface area (Å²) in [5.41, 5.74) is 2.69. The first-order valence-corrected chi connectivity index (χ1v) is 12.2. The molecule has 4 heteroatoms. The van der Waals surface area contributed by atoms with Crippen LogP contribution in [0.2, 0.25) is 0 Å². The third-order valence-corrected chi connectivity index (χ3v) is 7.43. The summed E-state index contributed by atoms with van der Waals surface area (Å²) in [4.78, 5) is 17.7. The van der Waals surface area contributed by atoms with E-state index in [0.717, 1.165) is 49.9 Å². The number of rotatable bonds is 6. The molecule has 2 aliphatic rings. The maximum atomic E-state index is 13.4. The Balaban J connectivity index is 1.64. The second-order valence-corrected chi connectivity index (χ2v) is 9.19. The van der Waals surface area contributed by atoms with Crippen LogP contribution in [0.3, 0.4) is 0 Å². The average Bonchev–Trinajstić information content (AvgIpc) is 2.83. The van der Waals surface area contributed by atoms with E-state index in [1.807, 2.05) is 41.3 Å². The van der Waals surface area contributed by atoms with Crippen LogP contribution in [0.5, 0.6) is 0 Å². The molecule has 2 aromatic carbocycles. The van der Waals surface area contributed by atoms with E-state index >= 15 is 0 Å². The summed E-state index contributed by atoms with van der Waals surface area (Å²) in [6, 6.07) is 18.5.